The average molecular weight is 320 g/mol. The summed E-state index contributed by atoms with van der Waals surface area (Å²) in [6.07, 6.45) is 0. The van der Waals surface area contributed by atoms with Gasteiger partial charge in [-0.05, 0) is 38.1 Å². The molecule has 0 saturated heterocycles. The van der Waals surface area contributed by atoms with E-state index < -0.39 is 0 Å². The van der Waals surface area contributed by atoms with Gasteiger partial charge in [0.2, 0.25) is 0 Å². The van der Waals surface area contributed by atoms with Crippen molar-refractivity contribution in [1.29, 1.82) is 5.26 Å². The molecule has 0 fully saturated rings. The molecule has 0 radical (unpaired) electrons. The molecule has 0 amide bonds. The van der Waals surface area contributed by atoms with E-state index in [2.05, 4.69) is 16.0 Å². The normalized spacial score (nSPS) is 10.2. The fourth-order valence-corrected chi connectivity index (χ4v) is 2.76. The Kier molecular flexibility index (Phi) is 5.43. The summed E-state index contributed by atoms with van der Waals surface area (Å²) >= 11 is 7.31. The van der Waals surface area contributed by atoms with E-state index in [1.807, 2.05) is 26.0 Å². The third kappa shape index (κ3) is 4.35. The Morgan fingerprint density at radius 2 is 1.95 bits per heavy atom. The van der Waals surface area contributed by atoms with Gasteiger partial charge in [0.1, 0.15) is 28.2 Å². The quantitative estimate of drug-likeness (QED) is 0.477. The molecule has 0 aliphatic rings. The largest absolute Gasteiger partial charge is 0.493 e. The van der Waals surface area contributed by atoms with Crippen molar-refractivity contribution in [2.24, 2.45) is 0 Å². The molecule has 1 aromatic carbocycles. The molecular weight excluding hydrogens is 306 g/mol. The smallest absolute Gasteiger partial charge is 0.126 e. The number of aromatic nitrogens is 2. The maximum absolute atomic E-state index is 9.16. The van der Waals surface area contributed by atoms with E-state index in [0.29, 0.717) is 39.5 Å². The molecule has 108 valence electrons. The molecule has 0 N–H and O–H groups in total. The highest BCUT2D eigenvalue weighted by atomic mass is 35.5. The number of nitriles is 1. The van der Waals surface area contributed by atoms with Crippen LogP contribution in [0.25, 0.3) is 0 Å². The van der Waals surface area contributed by atoms with Crippen molar-refractivity contribution in [3.8, 4) is 11.8 Å². The summed E-state index contributed by atoms with van der Waals surface area (Å²) in [6.45, 7) is 4.17. The van der Waals surface area contributed by atoms with Crippen LogP contribution in [-0.2, 0) is 0 Å². The lowest BCUT2D eigenvalue weighted by Crippen LogP contribution is -2.03. The minimum absolute atomic E-state index is 0.527. The second-order valence-electron chi connectivity index (χ2n) is 4.30. The van der Waals surface area contributed by atoms with Gasteiger partial charge in [-0.3, -0.25) is 0 Å². The Hall–Kier alpha value is -1.77. The van der Waals surface area contributed by atoms with Gasteiger partial charge in [0.25, 0.3) is 0 Å². The first-order chi connectivity index (χ1) is 10.1. The van der Waals surface area contributed by atoms with Crippen molar-refractivity contribution < 1.29 is 4.74 Å². The predicted molar refractivity (Wildman–Crippen MR) is 83.9 cm³/mol. The molecule has 0 spiro atoms. The fourth-order valence-electron chi connectivity index (χ4n) is 1.74. The van der Waals surface area contributed by atoms with Crippen LogP contribution >= 0.6 is 23.4 Å². The van der Waals surface area contributed by atoms with Crippen LogP contribution in [-0.4, -0.2) is 22.3 Å². The molecule has 4 nitrogen and oxygen atoms in total. The zero-order valence-corrected chi connectivity index (χ0v) is 13.3. The van der Waals surface area contributed by atoms with Crippen LogP contribution in [0, 0.1) is 25.2 Å². The Morgan fingerprint density at radius 3 is 2.62 bits per heavy atom. The molecule has 0 atom stereocenters. The summed E-state index contributed by atoms with van der Waals surface area (Å²) in [5.41, 5.74) is 1.25. The monoisotopic (exact) mass is 319 g/mol. The van der Waals surface area contributed by atoms with E-state index in [0.717, 1.165) is 5.75 Å². The van der Waals surface area contributed by atoms with Crippen molar-refractivity contribution in [1.82, 2.24) is 9.97 Å². The summed E-state index contributed by atoms with van der Waals surface area (Å²) < 4.78 is 5.61. The molecule has 1 aromatic heterocycles. The van der Waals surface area contributed by atoms with Crippen molar-refractivity contribution in [3.63, 3.8) is 0 Å². The van der Waals surface area contributed by atoms with Gasteiger partial charge in [-0.25, -0.2) is 9.97 Å². The molecule has 0 saturated carbocycles. The first-order valence-corrected chi connectivity index (χ1v) is 7.73. The maximum Gasteiger partial charge on any atom is 0.126 e. The van der Waals surface area contributed by atoms with Crippen LogP contribution in [0.3, 0.4) is 0 Å². The van der Waals surface area contributed by atoms with Crippen LogP contribution in [0.4, 0.5) is 0 Å². The standard InChI is InChI=1S/C15H14ClN3OS/c1-10-14(9-17)15(19-11(2)18-10)21-8-7-20-13-5-3-12(16)4-6-13/h3-6H,7-8H2,1-2H3. The summed E-state index contributed by atoms with van der Waals surface area (Å²) in [7, 11) is 0. The summed E-state index contributed by atoms with van der Waals surface area (Å²) in [6, 6.07) is 9.38. The number of halogens is 1. The Morgan fingerprint density at radius 1 is 1.24 bits per heavy atom. The number of rotatable bonds is 5. The number of hydrogen-bond donors (Lipinski definition) is 0. The molecule has 0 aliphatic heterocycles. The molecule has 21 heavy (non-hydrogen) atoms. The van der Waals surface area contributed by atoms with Crippen LogP contribution in [0.1, 0.15) is 17.1 Å². The molecular formula is C15H14ClN3OS. The van der Waals surface area contributed by atoms with Crippen LogP contribution < -0.4 is 4.74 Å². The molecule has 6 heteroatoms. The van der Waals surface area contributed by atoms with Gasteiger partial charge in [0.15, 0.2) is 0 Å². The van der Waals surface area contributed by atoms with Gasteiger partial charge in [-0.1, -0.05) is 11.6 Å². The van der Waals surface area contributed by atoms with Crippen molar-refractivity contribution in [3.05, 3.63) is 46.4 Å². The Labute approximate surface area is 133 Å². The Bertz CT molecular complexity index is 668. The second-order valence-corrected chi connectivity index (χ2v) is 5.82. The van der Waals surface area contributed by atoms with Gasteiger partial charge in [-0.15, -0.1) is 11.8 Å². The molecule has 2 rings (SSSR count). The van der Waals surface area contributed by atoms with E-state index in [4.69, 9.17) is 21.6 Å². The highest BCUT2D eigenvalue weighted by Gasteiger charge is 2.10. The third-order valence-electron chi connectivity index (χ3n) is 2.68. The van der Waals surface area contributed by atoms with Crippen molar-refractivity contribution >= 4 is 23.4 Å². The van der Waals surface area contributed by atoms with Crippen LogP contribution in [0.5, 0.6) is 5.75 Å². The highest BCUT2D eigenvalue weighted by molar-refractivity contribution is 7.99. The number of hydrogen-bond acceptors (Lipinski definition) is 5. The zero-order valence-electron chi connectivity index (χ0n) is 11.8. The first kappa shape index (κ1) is 15.6. The molecule has 1 heterocycles. The third-order valence-corrected chi connectivity index (χ3v) is 3.88. The van der Waals surface area contributed by atoms with E-state index in [1.54, 1.807) is 12.1 Å². The number of benzene rings is 1. The van der Waals surface area contributed by atoms with E-state index in [1.165, 1.54) is 11.8 Å². The molecule has 0 unspecified atom stereocenters. The van der Waals surface area contributed by atoms with Crippen LogP contribution in [0.15, 0.2) is 29.3 Å². The van der Waals surface area contributed by atoms with Gasteiger partial charge < -0.3 is 4.74 Å². The lowest BCUT2D eigenvalue weighted by molar-refractivity contribution is 0.344. The minimum Gasteiger partial charge on any atom is -0.493 e. The zero-order chi connectivity index (χ0) is 15.2. The first-order valence-electron chi connectivity index (χ1n) is 6.36. The SMILES string of the molecule is Cc1nc(C)c(C#N)c(SCCOc2ccc(Cl)cc2)n1. The number of aryl methyl sites for hydroxylation is 2. The van der Waals surface area contributed by atoms with Gasteiger partial charge in [-0.2, -0.15) is 5.26 Å². The fraction of sp³-hybridized carbons (Fsp3) is 0.267. The predicted octanol–water partition coefficient (Wildman–Crippen LogP) is 3.79. The summed E-state index contributed by atoms with van der Waals surface area (Å²) in [5, 5.41) is 10.6. The maximum atomic E-state index is 9.16. The summed E-state index contributed by atoms with van der Waals surface area (Å²) in [5.74, 6) is 2.15. The summed E-state index contributed by atoms with van der Waals surface area (Å²) in [4.78, 5) is 8.52. The molecule has 0 aliphatic carbocycles. The molecule has 0 bridgehead atoms. The molecule has 2 aromatic rings. The minimum atomic E-state index is 0.527. The van der Waals surface area contributed by atoms with Crippen molar-refractivity contribution in [2.75, 3.05) is 12.4 Å². The highest BCUT2D eigenvalue weighted by Crippen LogP contribution is 2.22. The topological polar surface area (TPSA) is 58.8 Å². The van der Waals surface area contributed by atoms with E-state index in [-0.39, 0.29) is 0 Å². The van der Waals surface area contributed by atoms with Gasteiger partial charge in [0, 0.05) is 10.8 Å². The average Bonchev–Trinajstić information content (AvgIpc) is 2.45. The second kappa shape index (κ2) is 7.30. The lowest BCUT2D eigenvalue weighted by atomic mass is 10.3. The van der Waals surface area contributed by atoms with Crippen LogP contribution in [0.2, 0.25) is 5.02 Å². The van der Waals surface area contributed by atoms with E-state index in [9.17, 15) is 0 Å². The van der Waals surface area contributed by atoms with E-state index >= 15 is 0 Å². The number of ether oxygens (including phenoxy) is 1. The lowest BCUT2D eigenvalue weighted by Gasteiger charge is -2.08. The number of nitrogens with zero attached hydrogens (tertiary/aromatic N) is 3. The van der Waals surface area contributed by atoms with Gasteiger partial charge >= 0.3 is 0 Å². The van der Waals surface area contributed by atoms with Crippen molar-refractivity contribution in [2.45, 2.75) is 18.9 Å². The Balaban J connectivity index is 1.92. The van der Waals surface area contributed by atoms with Gasteiger partial charge in [0.05, 0.1) is 12.3 Å². The number of thioether (sulfide) groups is 1.